The molecule has 84 valence electrons. The fourth-order valence-electron chi connectivity index (χ4n) is 1.55. The Labute approximate surface area is 98.9 Å². The second kappa shape index (κ2) is 4.60. The number of allylic oxidation sites excluding steroid dienone is 2. The van der Waals surface area contributed by atoms with Gasteiger partial charge < -0.3 is 15.1 Å². The summed E-state index contributed by atoms with van der Waals surface area (Å²) in [5.74, 6) is -0.0606. The number of rotatable bonds is 2. The molecule has 2 N–H and O–H groups in total. The molecule has 0 saturated heterocycles. The number of hydrogen-bond acceptors (Lipinski definition) is 3. The lowest BCUT2D eigenvalue weighted by atomic mass is 10.2. The van der Waals surface area contributed by atoms with Crippen LogP contribution in [-0.4, -0.2) is 21.3 Å². The number of aliphatic hydroxyl groups excluding tert-OH is 2. The highest BCUT2D eigenvalue weighted by molar-refractivity contribution is 6.31. The van der Waals surface area contributed by atoms with Gasteiger partial charge in [-0.05, 0) is 23.8 Å². The number of halogens is 1. The molecule has 1 aliphatic heterocycles. The number of benzene rings is 1. The van der Waals surface area contributed by atoms with Gasteiger partial charge in [-0.3, -0.25) is 0 Å². The minimum Gasteiger partial charge on any atom is -0.508 e. The standard InChI is InChI=1S/C12H12ClNO2/c13-10-5-2-1-4-9(10)8-14-7-3-6-11(15)12(14)16/h1-7,12,15-16H,8H2. The number of nitrogens with zero attached hydrogens (tertiary/aromatic N) is 1. The van der Waals surface area contributed by atoms with E-state index in [0.717, 1.165) is 5.56 Å². The van der Waals surface area contributed by atoms with Crippen LogP contribution in [0.5, 0.6) is 0 Å². The second-order valence-electron chi connectivity index (χ2n) is 3.57. The van der Waals surface area contributed by atoms with Crippen LogP contribution in [0.2, 0.25) is 5.02 Å². The van der Waals surface area contributed by atoms with E-state index in [4.69, 9.17) is 11.6 Å². The predicted octanol–water partition coefficient (Wildman–Crippen LogP) is 2.43. The van der Waals surface area contributed by atoms with Gasteiger partial charge in [0.15, 0.2) is 6.23 Å². The lowest BCUT2D eigenvalue weighted by Crippen LogP contribution is -2.33. The molecule has 1 aliphatic rings. The van der Waals surface area contributed by atoms with Crippen LogP contribution >= 0.6 is 11.6 Å². The van der Waals surface area contributed by atoms with Gasteiger partial charge in [0.2, 0.25) is 0 Å². The summed E-state index contributed by atoms with van der Waals surface area (Å²) in [6, 6.07) is 7.42. The predicted molar refractivity (Wildman–Crippen MR) is 62.9 cm³/mol. The van der Waals surface area contributed by atoms with Crippen LogP contribution in [0.25, 0.3) is 0 Å². The molecule has 3 nitrogen and oxygen atoms in total. The molecule has 4 heteroatoms. The third kappa shape index (κ3) is 2.21. The molecule has 16 heavy (non-hydrogen) atoms. The van der Waals surface area contributed by atoms with E-state index in [9.17, 15) is 10.2 Å². The minimum absolute atomic E-state index is 0.0606. The van der Waals surface area contributed by atoms with E-state index in [1.165, 1.54) is 6.08 Å². The van der Waals surface area contributed by atoms with E-state index >= 15 is 0 Å². The van der Waals surface area contributed by atoms with Crippen molar-refractivity contribution in [1.82, 2.24) is 4.90 Å². The Morgan fingerprint density at radius 3 is 2.81 bits per heavy atom. The topological polar surface area (TPSA) is 43.7 Å². The summed E-state index contributed by atoms with van der Waals surface area (Å²) in [5, 5.41) is 19.7. The maximum Gasteiger partial charge on any atom is 0.185 e. The second-order valence-corrected chi connectivity index (χ2v) is 3.98. The molecular weight excluding hydrogens is 226 g/mol. The van der Waals surface area contributed by atoms with Gasteiger partial charge in [0.05, 0.1) is 0 Å². The molecule has 1 unspecified atom stereocenters. The van der Waals surface area contributed by atoms with Gasteiger partial charge in [0, 0.05) is 17.8 Å². The summed E-state index contributed by atoms with van der Waals surface area (Å²) in [7, 11) is 0. The molecule has 0 aliphatic carbocycles. The summed E-state index contributed by atoms with van der Waals surface area (Å²) in [6.07, 6.45) is 3.86. The molecule has 0 amide bonds. The Hall–Kier alpha value is -1.45. The molecule has 0 aromatic heterocycles. The first-order valence-electron chi connectivity index (χ1n) is 4.93. The Kier molecular flexibility index (Phi) is 3.17. The van der Waals surface area contributed by atoms with Crippen LogP contribution in [-0.2, 0) is 6.54 Å². The third-order valence-corrected chi connectivity index (χ3v) is 2.80. The summed E-state index contributed by atoms with van der Waals surface area (Å²) in [4.78, 5) is 1.61. The van der Waals surface area contributed by atoms with Crippen LogP contribution < -0.4 is 0 Å². The highest BCUT2D eigenvalue weighted by atomic mass is 35.5. The van der Waals surface area contributed by atoms with E-state index in [-0.39, 0.29) is 5.76 Å². The van der Waals surface area contributed by atoms with Gasteiger partial charge in [-0.2, -0.15) is 0 Å². The molecule has 0 radical (unpaired) electrons. The highest BCUT2D eigenvalue weighted by Crippen LogP contribution is 2.20. The van der Waals surface area contributed by atoms with Crippen LogP contribution in [0.15, 0.2) is 48.4 Å². The summed E-state index contributed by atoms with van der Waals surface area (Å²) < 4.78 is 0. The van der Waals surface area contributed by atoms with Crippen molar-refractivity contribution < 1.29 is 10.2 Å². The zero-order valence-corrected chi connectivity index (χ0v) is 9.30. The molecule has 0 spiro atoms. The Morgan fingerprint density at radius 1 is 1.31 bits per heavy atom. The van der Waals surface area contributed by atoms with E-state index in [2.05, 4.69) is 0 Å². The summed E-state index contributed by atoms with van der Waals surface area (Å²) in [6.45, 7) is 0.454. The maximum absolute atomic E-state index is 9.70. The molecule has 1 aromatic carbocycles. The molecule has 0 saturated carbocycles. The lowest BCUT2D eigenvalue weighted by Gasteiger charge is -2.28. The molecule has 1 heterocycles. The van der Waals surface area contributed by atoms with Crippen LogP contribution in [0.3, 0.4) is 0 Å². The maximum atomic E-state index is 9.70. The van der Waals surface area contributed by atoms with Crippen molar-refractivity contribution in [3.8, 4) is 0 Å². The largest absolute Gasteiger partial charge is 0.508 e. The van der Waals surface area contributed by atoms with Gasteiger partial charge in [0.1, 0.15) is 5.76 Å². The van der Waals surface area contributed by atoms with Gasteiger partial charge in [-0.25, -0.2) is 0 Å². The van der Waals surface area contributed by atoms with Gasteiger partial charge in [-0.1, -0.05) is 29.8 Å². The third-order valence-electron chi connectivity index (χ3n) is 2.43. The van der Waals surface area contributed by atoms with Crippen molar-refractivity contribution in [1.29, 1.82) is 0 Å². The van der Waals surface area contributed by atoms with Crippen molar-refractivity contribution in [2.75, 3.05) is 0 Å². The average Bonchev–Trinajstić information content (AvgIpc) is 2.28. The monoisotopic (exact) mass is 237 g/mol. The van der Waals surface area contributed by atoms with Crippen molar-refractivity contribution >= 4 is 11.6 Å². The number of hydrogen-bond donors (Lipinski definition) is 2. The molecular formula is C12H12ClNO2. The van der Waals surface area contributed by atoms with Gasteiger partial charge in [-0.15, -0.1) is 0 Å². The van der Waals surface area contributed by atoms with E-state index in [1.807, 2.05) is 18.2 Å². The van der Waals surface area contributed by atoms with E-state index < -0.39 is 6.23 Å². The summed E-state index contributed by atoms with van der Waals surface area (Å²) in [5.41, 5.74) is 0.905. The Balaban J connectivity index is 2.15. The average molecular weight is 238 g/mol. The lowest BCUT2D eigenvalue weighted by molar-refractivity contribution is 0.0268. The SMILES string of the molecule is OC1=CC=CN(Cc2ccccc2Cl)C1O. The van der Waals surface area contributed by atoms with Crippen LogP contribution in [0.4, 0.5) is 0 Å². The smallest absolute Gasteiger partial charge is 0.185 e. The Bertz CT molecular complexity index is 442. The Morgan fingerprint density at radius 2 is 2.06 bits per heavy atom. The first-order valence-corrected chi connectivity index (χ1v) is 5.31. The summed E-state index contributed by atoms with van der Waals surface area (Å²) >= 11 is 6.02. The zero-order valence-electron chi connectivity index (χ0n) is 8.55. The molecule has 1 aromatic rings. The normalized spacial score (nSPS) is 19.8. The van der Waals surface area contributed by atoms with Crippen molar-refractivity contribution in [2.24, 2.45) is 0 Å². The van der Waals surface area contributed by atoms with Crippen molar-refractivity contribution in [3.63, 3.8) is 0 Å². The van der Waals surface area contributed by atoms with Gasteiger partial charge >= 0.3 is 0 Å². The molecule has 2 rings (SSSR count). The van der Waals surface area contributed by atoms with Gasteiger partial charge in [0.25, 0.3) is 0 Å². The first kappa shape index (κ1) is 11.0. The zero-order chi connectivity index (χ0) is 11.5. The quantitative estimate of drug-likeness (QED) is 0.830. The first-order chi connectivity index (χ1) is 7.68. The van der Waals surface area contributed by atoms with E-state index in [1.54, 1.807) is 23.2 Å². The fourth-order valence-corrected chi connectivity index (χ4v) is 1.75. The van der Waals surface area contributed by atoms with Crippen LogP contribution in [0, 0.1) is 0 Å². The molecule has 0 bridgehead atoms. The minimum atomic E-state index is -0.999. The molecule has 0 fully saturated rings. The molecule has 1 atom stereocenters. The van der Waals surface area contributed by atoms with Crippen molar-refractivity contribution in [2.45, 2.75) is 12.8 Å². The fraction of sp³-hybridized carbons (Fsp3) is 0.167. The van der Waals surface area contributed by atoms with Crippen molar-refractivity contribution in [3.05, 3.63) is 59.0 Å². The van der Waals surface area contributed by atoms with Crippen LogP contribution in [0.1, 0.15) is 5.56 Å². The number of aliphatic hydroxyl groups is 2. The highest BCUT2D eigenvalue weighted by Gasteiger charge is 2.19. The van der Waals surface area contributed by atoms with E-state index in [0.29, 0.717) is 11.6 Å².